The minimum Gasteiger partial charge on any atom is -0.435 e. The monoisotopic (exact) mass is 321 g/mol. The minimum atomic E-state index is -3.53. The van der Waals surface area contributed by atoms with Crippen molar-refractivity contribution in [1.29, 1.82) is 0 Å². The molecule has 1 heterocycles. The van der Waals surface area contributed by atoms with Gasteiger partial charge in [-0.3, -0.25) is 4.79 Å². The van der Waals surface area contributed by atoms with Crippen molar-refractivity contribution in [2.45, 2.75) is 18.7 Å². The number of rotatable bonds is 4. The number of benzene rings is 1. The molecule has 0 spiro atoms. The summed E-state index contributed by atoms with van der Waals surface area (Å²) in [6.45, 7) is 7.69. The number of aryl methyl sites for hydroxylation is 1. The van der Waals surface area contributed by atoms with Gasteiger partial charge in [-0.2, -0.15) is 4.31 Å². The van der Waals surface area contributed by atoms with Gasteiger partial charge in [0.25, 0.3) is 0 Å². The van der Waals surface area contributed by atoms with Gasteiger partial charge in [0.15, 0.2) is 0 Å². The molecule has 22 heavy (non-hydrogen) atoms. The van der Waals surface area contributed by atoms with Crippen molar-refractivity contribution in [1.82, 2.24) is 4.31 Å². The Morgan fingerprint density at radius 1 is 1.36 bits per heavy atom. The van der Waals surface area contributed by atoms with Crippen molar-refractivity contribution in [3.63, 3.8) is 0 Å². The molecule has 0 N–H and O–H groups in total. The summed E-state index contributed by atoms with van der Waals surface area (Å²) >= 11 is 0. The minimum absolute atomic E-state index is 0.153. The Balaban J connectivity index is 2.14. The summed E-state index contributed by atoms with van der Waals surface area (Å²) in [7, 11) is -3.53. The topological polar surface area (TPSA) is 63.7 Å². The van der Waals surface area contributed by atoms with E-state index in [-0.39, 0.29) is 17.4 Å². The second kappa shape index (κ2) is 6.46. The first-order chi connectivity index (χ1) is 10.3. The highest BCUT2D eigenvalue weighted by molar-refractivity contribution is 7.89. The summed E-state index contributed by atoms with van der Waals surface area (Å²) < 4.78 is 31.3. The Labute approximate surface area is 130 Å². The van der Waals surface area contributed by atoms with Crippen LogP contribution in [0.15, 0.2) is 53.7 Å². The standard InChI is InChI=1S/C16H19NO4S/c1-12-4-6-16(7-5-12)22(19,20)17-10-13(2)15(11-17)8-9-21-14(3)18/h4-9,15H,2,10-11H2,1,3H3/b9-8+/t15-/m1/s1. The Morgan fingerprint density at radius 3 is 2.59 bits per heavy atom. The third-order valence-electron chi connectivity index (χ3n) is 3.51. The Bertz CT molecular complexity index is 704. The van der Waals surface area contributed by atoms with E-state index in [2.05, 4.69) is 6.58 Å². The number of sulfonamides is 1. The van der Waals surface area contributed by atoms with E-state index in [0.29, 0.717) is 6.54 Å². The fourth-order valence-corrected chi connectivity index (χ4v) is 3.70. The molecule has 0 unspecified atom stereocenters. The Hall–Kier alpha value is -1.92. The molecule has 1 aliphatic rings. The summed E-state index contributed by atoms with van der Waals surface area (Å²) in [5.74, 6) is -0.566. The zero-order valence-electron chi connectivity index (χ0n) is 12.7. The van der Waals surface area contributed by atoms with Crippen molar-refractivity contribution < 1.29 is 17.9 Å². The van der Waals surface area contributed by atoms with Crippen molar-refractivity contribution in [3.8, 4) is 0 Å². The molecule has 1 atom stereocenters. The predicted octanol–water partition coefficient (Wildman–Crippen LogP) is 2.25. The number of carbonyl (C=O) groups excluding carboxylic acids is 1. The van der Waals surface area contributed by atoms with Gasteiger partial charge in [0.1, 0.15) is 0 Å². The SMILES string of the molecule is C=C1CN(S(=O)(=O)c2ccc(C)cc2)C[C@H]1/C=C/OC(C)=O. The van der Waals surface area contributed by atoms with Crippen LogP contribution in [-0.4, -0.2) is 31.8 Å². The van der Waals surface area contributed by atoms with E-state index in [4.69, 9.17) is 4.74 Å². The first kappa shape index (κ1) is 16.5. The molecule has 0 bridgehead atoms. The number of nitrogens with zero attached hydrogens (tertiary/aromatic N) is 1. The van der Waals surface area contributed by atoms with Gasteiger partial charge in [-0.25, -0.2) is 8.42 Å². The molecule has 1 aromatic carbocycles. The van der Waals surface area contributed by atoms with Gasteiger partial charge in [-0.05, 0) is 25.1 Å². The average molecular weight is 321 g/mol. The Morgan fingerprint density at radius 2 is 2.00 bits per heavy atom. The van der Waals surface area contributed by atoms with Crippen LogP contribution in [0.3, 0.4) is 0 Å². The fraction of sp³-hybridized carbons (Fsp3) is 0.312. The Kier molecular flexibility index (Phi) is 4.83. The molecule has 1 fully saturated rings. The van der Waals surface area contributed by atoms with Gasteiger partial charge >= 0.3 is 5.97 Å². The number of ether oxygens (including phenoxy) is 1. The lowest BCUT2D eigenvalue weighted by atomic mass is 10.1. The zero-order chi connectivity index (χ0) is 16.3. The highest BCUT2D eigenvalue weighted by Crippen LogP contribution is 2.28. The molecule has 2 rings (SSSR count). The van der Waals surface area contributed by atoms with Crippen LogP contribution in [0.1, 0.15) is 12.5 Å². The third kappa shape index (κ3) is 3.64. The highest BCUT2D eigenvalue weighted by Gasteiger charge is 2.33. The maximum atomic E-state index is 12.6. The molecule has 6 heteroatoms. The lowest BCUT2D eigenvalue weighted by Crippen LogP contribution is -2.28. The van der Waals surface area contributed by atoms with Crippen molar-refractivity contribution in [3.05, 3.63) is 54.3 Å². The maximum absolute atomic E-state index is 12.6. The van der Waals surface area contributed by atoms with E-state index in [1.807, 2.05) is 6.92 Å². The molecule has 0 aromatic heterocycles. The van der Waals surface area contributed by atoms with Gasteiger partial charge in [0, 0.05) is 25.9 Å². The van der Waals surface area contributed by atoms with Crippen LogP contribution in [0.2, 0.25) is 0 Å². The molecule has 0 saturated carbocycles. The fourth-order valence-electron chi connectivity index (χ4n) is 2.23. The van der Waals surface area contributed by atoms with Crippen LogP contribution in [-0.2, 0) is 19.6 Å². The van der Waals surface area contributed by atoms with Gasteiger partial charge in [0.05, 0.1) is 11.2 Å². The molecular formula is C16H19NO4S. The summed E-state index contributed by atoms with van der Waals surface area (Å²) in [5, 5.41) is 0. The van der Waals surface area contributed by atoms with Crippen molar-refractivity contribution in [2.24, 2.45) is 5.92 Å². The molecule has 1 aliphatic heterocycles. The average Bonchev–Trinajstić information content (AvgIpc) is 2.81. The second-order valence-corrected chi connectivity index (χ2v) is 7.25. The first-order valence-electron chi connectivity index (χ1n) is 6.89. The zero-order valence-corrected chi connectivity index (χ0v) is 13.5. The van der Waals surface area contributed by atoms with E-state index < -0.39 is 16.0 Å². The van der Waals surface area contributed by atoms with Crippen LogP contribution >= 0.6 is 0 Å². The first-order valence-corrected chi connectivity index (χ1v) is 8.33. The molecular weight excluding hydrogens is 302 g/mol. The number of hydrogen-bond donors (Lipinski definition) is 0. The quantitative estimate of drug-likeness (QED) is 0.485. The predicted molar refractivity (Wildman–Crippen MR) is 83.5 cm³/mol. The summed E-state index contributed by atoms with van der Waals surface area (Å²) in [5.41, 5.74) is 1.78. The van der Waals surface area contributed by atoms with Crippen LogP contribution in [0, 0.1) is 12.8 Å². The lowest BCUT2D eigenvalue weighted by molar-refractivity contribution is -0.135. The van der Waals surface area contributed by atoms with Crippen LogP contribution in [0.4, 0.5) is 0 Å². The van der Waals surface area contributed by atoms with E-state index in [1.165, 1.54) is 17.5 Å². The number of hydrogen-bond acceptors (Lipinski definition) is 4. The van der Waals surface area contributed by atoms with Crippen molar-refractivity contribution in [2.75, 3.05) is 13.1 Å². The largest absolute Gasteiger partial charge is 0.435 e. The van der Waals surface area contributed by atoms with E-state index in [9.17, 15) is 13.2 Å². The van der Waals surface area contributed by atoms with E-state index >= 15 is 0 Å². The molecule has 5 nitrogen and oxygen atoms in total. The molecule has 0 aliphatic carbocycles. The third-order valence-corrected chi connectivity index (χ3v) is 5.33. The van der Waals surface area contributed by atoms with Crippen LogP contribution in [0.5, 0.6) is 0 Å². The number of carbonyl (C=O) groups is 1. The summed E-state index contributed by atoms with van der Waals surface area (Å²) in [6.07, 6.45) is 2.95. The molecule has 1 saturated heterocycles. The summed E-state index contributed by atoms with van der Waals surface area (Å²) in [6, 6.07) is 6.76. The van der Waals surface area contributed by atoms with Gasteiger partial charge in [-0.15, -0.1) is 0 Å². The van der Waals surface area contributed by atoms with Crippen LogP contribution < -0.4 is 0 Å². The summed E-state index contributed by atoms with van der Waals surface area (Å²) in [4.78, 5) is 11.0. The highest BCUT2D eigenvalue weighted by atomic mass is 32.2. The molecule has 0 amide bonds. The normalized spacial score (nSPS) is 19.7. The second-order valence-electron chi connectivity index (χ2n) is 5.31. The smallest absolute Gasteiger partial charge is 0.307 e. The van der Waals surface area contributed by atoms with Gasteiger partial charge < -0.3 is 4.74 Å². The lowest BCUT2D eigenvalue weighted by Gasteiger charge is -2.15. The molecule has 118 valence electrons. The van der Waals surface area contributed by atoms with E-state index in [0.717, 1.165) is 11.1 Å². The molecule has 1 aromatic rings. The number of esters is 1. The van der Waals surface area contributed by atoms with Gasteiger partial charge in [-0.1, -0.05) is 29.8 Å². The van der Waals surface area contributed by atoms with Gasteiger partial charge in [0.2, 0.25) is 10.0 Å². The van der Waals surface area contributed by atoms with Crippen molar-refractivity contribution >= 4 is 16.0 Å². The molecule has 0 radical (unpaired) electrons. The van der Waals surface area contributed by atoms with E-state index in [1.54, 1.807) is 30.3 Å². The van der Waals surface area contributed by atoms with Crippen LogP contribution in [0.25, 0.3) is 0 Å². The maximum Gasteiger partial charge on any atom is 0.307 e.